The second-order valence-electron chi connectivity index (χ2n) is 4.81. The largest absolute Gasteiger partial charge is 0.496 e. The number of carbonyl (C=O) groups is 1. The van der Waals surface area contributed by atoms with Crippen molar-refractivity contribution < 1.29 is 41.0 Å². The molecule has 0 fully saturated rings. The number of ether oxygens (including phenoxy) is 3. The molecule has 0 aliphatic rings. The SMILES string of the molecule is COc1cc(OC(=O)c2c(F)c(F)c(F)c(F)c2F)c(OC)cc1C. The van der Waals surface area contributed by atoms with Gasteiger partial charge in [-0.15, -0.1) is 0 Å². The molecule has 25 heavy (non-hydrogen) atoms. The Bertz CT molecular complexity index is 822. The van der Waals surface area contributed by atoms with Crippen LogP contribution in [0.15, 0.2) is 12.1 Å². The van der Waals surface area contributed by atoms with Crippen LogP contribution in [0.5, 0.6) is 17.2 Å². The predicted molar refractivity (Wildman–Crippen MR) is 75.5 cm³/mol. The Morgan fingerprint density at radius 2 is 1.24 bits per heavy atom. The number of methoxy groups -OCH3 is 2. The maximum Gasteiger partial charge on any atom is 0.349 e. The average molecular weight is 362 g/mol. The molecule has 2 rings (SSSR count). The molecule has 0 saturated heterocycles. The predicted octanol–water partition coefficient (Wildman–Crippen LogP) is 3.93. The van der Waals surface area contributed by atoms with Crippen molar-refractivity contribution in [2.24, 2.45) is 0 Å². The molecule has 0 aromatic heterocycles. The Balaban J connectivity index is 2.52. The molecule has 2 aromatic carbocycles. The monoisotopic (exact) mass is 362 g/mol. The second kappa shape index (κ2) is 6.96. The molecule has 0 atom stereocenters. The topological polar surface area (TPSA) is 44.8 Å². The molecular formula is C16H11F5O4. The van der Waals surface area contributed by atoms with Crippen LogP contribution in [-0.2, 0) is 0 Å². The molecule has 0 radical (unpaired) electrons. The normalized spacial score (nSPS) is 10.6. The van der Waals surface area contributed by atoms with E-state index in [1.54, 1.807) is 6.92 Å². The van der Waals surface area contributed by atoms with Crippen LogP contribution in [0.3, 0.4) is 0 Å². The summed E-state index contributed by atoms with van der Waals surface area (Å²) in [4.78, 5) is 12.0. The lowest BCUT2D eigenvalue weighted by Gasteiger charge is -2.13. The summed E-state index contributed by atoms with van der Waals surface area (Å²) in [6, 6.07) is 2.58. The third-order valence-electron chi connectivity index (χ3n) is 3.30. The maximum atomic E-state index is 13.7. The summed E-state index contributed by atoms with van der Waals surface area (Å²) in [6.07, 6.45) is 0. The van der Waals surface area contributed by atoms with Crippen LogP contribution in [0.25, 0.3) is 0 Å². The summed E-state index contributed by atoms with van der Waals surface area (Å²) in [7, 11) is 2.56. The van der Waals surface area contributed by atoms with Gasteiger partial charge in [-0.25, -0.2) is 26.7 Å². The first-order valence-electron chi connectivity index (χ1n) is 6.69. The van der Waals surface area contributed by atoms with E-state index in [2.05, 4.69) is 0 Å². The third-order valence-corrected chi connectivity index (χ3v) is 3.30. The maximum absolute atomic E-state index is 13.7. The van der Waals surface area contributed by atoms with Crippen molar-refractivity contribution in [3.8, 4) is 17.2 Å². The van der Waals surface area contributed by atoms with Gasteiger partial charge in [-0.1, -0.05) is 0 Å². The zero-order valence-corrected chi connectivity index (χ0v) is 13.2. The highest BCUT2D eigenvalue weighted by Gasteiger charge is 2.31. The molecule has 0 amide bonds. The fraction of sp³-hybridized carbons (Fsp3) is 0.188. The van der Waals surface area contributed by atoms with Gasteiger partial charge in [0, 0.05) is 6.07 Å². The highest BCUT2D eigenvalue weighted by Crippen LogP contribution is 2.35. The minimum atomic E-state index is -2.37. The molecule has 0 heterocycles. The van der Waals surface area contributed by atoms with Gasteiger partial charge in [0.15, 0.2) is 34.8 Å². The molecular weight excluding hydrogens is 351 g/mol. The van der Waals surface area contributed by atoms with Crippen molar-refractivity contribution in [1.29, 1.82) is 0 Å². The Hall–Kier alpha value is -2.84. The number of carbonyl (C=O) groups excluding carboxylic acids is 1. The van der Waals surface area contributed by atoms with Crippen LogP contribution in [0.1, 0.15) is 15.9 Å². The zero-order chi connectivity index (χ0) is 18.9. The molecule has 0 bridgehead atoms. The van der Waals surface area contributed by atoms with Gasteiger partial charge in [-0.05, 0) is 18.6 Å². The van der Waals surface area contributed by atoms with E-state index < -0.39 is 40.6 Å². The smallest absolute Gasteiger partial charge is 0.349 e. The van der Waals surface area contributed by atoms with Crippen LogP contribution >= 0.6 is 0 Å². The first kappa shape index (κ1) is 18.5. The van der Waals surface area contributed by atoms with E-state index in [-0.39, 0.29) is 17.2 Å². The lowest BCUT2D eigenvalue weighted by atomic mass is 10.1. The third kappa shape index (κ3) is 3.21. The van der Waals surface area contributed by atoms with Gasteiger partial charge in [0.05, 0.1) is 14.2 Å². The van der Waals surface area contributed by atoms with Crippen LogP contribution in [-0.4, -0.2) is 20.2 Å². The van der Waals surface area contributed by atoms with Crippen molar-refractivity contribution >= 4 is 5.97 Å². The number of aryl methyl sites for hydroxylation is 1. The van der Waals surface area contributed by atoms with E-state index in [0.29, 0.717) is 5.56 Å². The van der Waals surface area contributed by atoms with Crippen molar-refractivity contribution in [2.75, 3.05) is 14.2 Å². The van der Waals surface area contributed by atoms with Crippen molar-refractivity contribution in [3.63, 3.8) is 0 Å². The molecule has 2 aromatic rings. The van der Waals surface area contributed by atoms with Gasteiger partial charge in [-0.3, -0.25) is 0 Å². The lowest BCUT2D eigenvalue weighted by molar-refractivity contribution is 0.0715. The minimum Gasteiger partial charge on any atom is -0.496 e. The number of hydrogen-bond donors (Lipinski definition) is 0. The van der Waals surface area contributed by atoms with Gasteiger partial charge in [0.2, 0.25) is 5.82 Å². The van der Waals surface area contributed by atoms with E-state index >= 15 is 0 Å². The van der Waals surface area contributed by atoms with E-state index in [9.17, 15) is 26.7 Å². The Morgan fingerprint density at radius 1 is 0.760 bits per heavy atom. The van der Waals surface area contributed by atoms with Crippen molar-refractivity contribution in [2.45, 2.75) is 6.92 Å². The Morgan fingerprint density at radius 3 is 1.72 bits per heavy atom. The second-order valence-corrected chi connectivity index (χ2v) is 4.81. The summed E-state index contributed by atoms with van der Waals surface area (Å²) < 4.78 is 81.5. The molecule has 0 aliphatic heterocycles. The molecule has 9 heteroatoms. The number of rotatable bonds is 4. The minimum absolute atomic E-state index is 0.00415. The van der Waals surface area contributed by atoms with Gasteiger partial charge in [0.1, 0.15) is 11.3 Å². The molecule has 0 aliphatic carbocycles. The highest BCUT2D eigenvalue weighted by molar-refractivity contribution is 5.92. The fourth-order valence-corrected chi connectivity index (χ4v) is 2.04. The van der Waals surface area contributed by atoms with E-state index in [1.807, 2.05) is 0 Å². The zero-order valence-electron chi connectivity index (χ0n) is 13.2. The number of hydrogen-bond acceptors (Lipinski definition) is 4. The first-order valence-corrected chi connectivity index (χ1v) is 6.69. The van der Waals surface area contributed by atoms with Crippen LogP contribution in [0, 0.1) is 36.0 Å². The van der Waals surface area contributed by atoms with E-state index in [1.165, 1.54) is 26.4 Å². The quantitative estimate of drug-likeness (QED) is 0.272. The average Bonchev–Trinajstić information content (AvgIpc) is 2.59. The first-order chi connectivity index (χ1) is 11.7. The van der Waals surface area contributed by atoms with Gasteiger partial charge in [-0.2, -0.15) is 0 Å². The summed E-state index contributed by atoms with van der Waals surface area (Å²) in [5, 5.41) is 0. The lowest BCUT2D eigenvalue weighted by Crippen LogP contribution is -2.17. The molecule has 4 nitrogen and oxygen atoms in total. The van der Waals surface area contributed by atoms with Crippen molar-refractivity contribution in [3.05, 3.63) is 52.3 Å². The van der Waals surface area contributed by atoms with Gasteiger partial charge < -0.3 is 14.2 Å². The molecule has 0 unspecified atom stereocenters. The fourth-order valence-electron chi connectivity index (χ4n) is 2.04. The summed E-state index contributed by atoms with van der Waals surface area (Å²) in [5.74, 6) is -13.3. The van der Waals surface area contributed by atoms with Crippen LogP contribution < -0.4 is 14.2 Å². The molecule has 0 N–H and O–H groups in total. The molecule has 0 spiro atoms. The Labute approximate surface area is 138 Å². The van der Waals surface area contributed by atoms with Gasteiger partial charge in [0.25, 0.3) is 0 Å². The van der Waals surface area contributed by atoms with Crippen LogP contribution in [0.2, 0.25) is 0 Å². The Kier molecular flexibility index (Phi) is 5.15. The van der Waals surface area contributed by atoms with Crippen molar-refractivity contribution in [1.82, 2.24) is 0 Å². The number of benzene rings is 2. The summed E-state index contributed by atoms with van der Waals surface area (Å²) in [6.45, 7) is 1.65. The highest BCUT2D eigenvalue weighted by atomic mass is 19.2. The van der Waals surface area contributed by atoms with Gasteiger partial charge >= 0.3 is 5.97 Å². The summed E-state index contributed by atoms with van der Waals surface area (Å²) >= 11 is 0. The molecule has 0 saturated carbocycles. The van der Waals surface area contributed by atoms with Crippen LogP contribution in [0.4, 0.5) is 22.0 Å². The summed E-state index contributed by atoms with van der Waals surface area (Å²) in [5.41, 5.74) is -1.12. The molecule has 134 valence electrons. The standard InChI is InChI=1S/C16H11F5O4/c1-6-4-8(24-3)9(5-7(6)23-2)25-16(22)10-11(17)13(19)15(21)14(20)12(10)18/h4-5H,1-3H3. The number of halogens is 5. The number of esters is 1. The van der Waals surface area contributed by atoms with E-state index in [0.717, 1.165) is 0 Å². The van der Waals surface area contributed by atoms with E-state index in [4.69, 9.17) is 14.2 Å².